The van der Waals surface area contributed by atoms with Gasteiger partial charge in [-0.05, 0) is 30.0 Å². The van der Waals surface area contributed by atoms with Crippen LogP contribution in [-0.2, 0) is 0 Å². The SMILES string of the molecule is CCC[C@H]1C=CC=C1c1ccccc1C. The molecule has 0 radical (unpaired) electrons. The van der Waals surface area contributed by atoms with Crippen LogP contribution in [0.2, 0.25) is 0 Å². The highest BCUT2D eigenvalue weighted by Crippen LogP contribution is 2.33. The molecule has 1 aromatic rings. The molecule has 0 aromatic heterocycles. The second-order valence-electron chi connectivity index (χ2n) is 4.22. The molecular weight excluding hydrogens is 180 g/mol. The van der Waals surface area contributed by atoms with E-state index in [9.17, 15) is 0 Å². The van der Waals surface area contributed by atoms with Gasteiger partial charge in [0.05, 0.1) is 0 Å². The summed E-state index contributed by atoms with van der Waals surface area (Å²) in [5.41, 5.74) is 4.30. The Balaban J connectivity index is 2.29. The van der Waals surface area contributed by atoms with Crippen molar-refractivity contribution in [2.75, 3.05) is 0 Å². The minimum atomic E-state index is 0.635. The van der Waals surface area contributed by atoms with Crippen LogP contribution in [0.1, 0.15) is 30.9 Å². The third-order valence-corrected chi connectivity index (χ3v) is 3.07. The van der Waals surface area contributed by atoms with Gasteiger partial charge in [-0.2, -0.15) is 0 Å². The molecule has 0 spiro atoms. The van der Waals surface area contributed by atoms with Crippen LogP contribution in [0, 0.1) is 12.8 Å². The standard InChI is InChI=1S/C15H18/c1-3-7-13-9-6-11-15(13)14-10-5-4-8-12(14)2/h4-6,8-11,13H,3,7H2,1-2H3/t13-/m0/s1. The van der Waals surface area contributed by atoms with E-state index in [-0.39, 0.29) is 0 Å². The maximum atomic E-state index is 2.32. The molecule has 0 N–H and O–H groups in total. The van der Waals surface area contributed by atoms with E-state index in [2.05, 4.69) is 56.3 Å². The van der Waals surface area contributed by atoms with Crippen LogP contribution < -0.4 is 0 Å². The van der Waals surface area contributed by atoms with Crippen LogP contribution in [0.15, 0.2) is 42.5 Å². The zero-order valence-corrected chi connectivity index (χ0v) is 9.53. The molecule has 0 bridgehead atoms. The fourth-order valence-corrected chi connectivity index (χ4v) is 2.27. The molecule has 1 atom stereocenters. The summed E-state index contributed by atoms with van der Waals surface area (Å²) in [5.74, 6) is 0.635. The molecule has 0 heterocycles. The summed E-state index contributed by atoms with van der Waals surface area (Å²) in [5, 5.41) is 0. The lowest BCUT2D eigenvalue weighted by Crippen LogP contribution is -1.98. The molecule has 1 aromatic carbocycles. The minimum Gasteiger partial charge on any atom is -0.0770 e. The van der Waals surface area contributed by atoms with E-state index >= 15 is 0 Å². The van der Waals surface area contributed by atoms with E-state index < -0.39 is 0 Å². The lowest BCUT2D eigenvalue weighted by atomic mass is 9.90. The summed E-state index contributed by atoms with van der Waals surface area (Å²) >= 11 is 0. The molecule has 0 saturated heterocycles. The maximum Gasteiger partial charge on any atom is 0.00270 e. The Hall–Kier alpha value is -1.30. The molecule has 2 rings (SSSR count). The molecular formula is C15H18. The predicted molar refractivity (Wildman–Crippen MR) is 66.7 cm³/mol. The van der Waals surface area contributed by atoms with Gasteiger partial charge in [-0.1, -0.05) is 55.8 Å². The number of hydrogen-bond donors (Lipinski definition) is 0. The van der Waals surface area contributed by atoms with Gasteiger partial charge in [0.2, 0.25) is 0 Å². The van der Waals surface area contributed by atoms with Crippen molar-refractivity contribution in [1.29, 1.82) is 0 Å². The zero-order chi connectivity index (χ0) is 10.7. The first-order chi connectivity index (χ1) is 7.33. The van der Waals surface area contributed by atoms with Crippen LogP contribution in [0.3, 0.4) is 0 Å². The Morgan fingerprint density at radius 1 is 1.20 bits per heavy atom. The fraction of sp³-hybridized carbons (Fsp3) is 0.333. The average Bonchev–Trinajstić information content (AvgIpc) is 2.67. The van der Waals surface area contributed by atoms with Crippen molar-refractivity contribution < 1.29 is 0 Å². The highest BCUT2D eigenvalue weighted by atomic mass is 14.2. The van der Waals surface area contributed by atoms with Gasteiger partial charge >= 0.3 is 0 Å². The smallest absolute Gasteiger partial charge is 0.00270 e. The normalized spacial score (nSPS) is 19.3. The summed E-state index contributed by atoms with van der Waals surface area (Å²) in [6.45, 7) is 4.44. The van der Waals surface area contributed by atoms with Crippen molar-refractivity contribution in [2.45, 2.75) is 26.7 Å². The van der Waals surface area contributed by atoms with E-state index in [1.54, 1.807) is 0 Å². The number of rotatable bonds is 3. The molecule has 0 unspecified atom stereocenters. The highest BCUT2D eigenvalue weighted by Gasteiger charge is 2.16. The van der Waals surface area contributed by atoms with E-state index in [4.69, 9.17) is 0 Å². The summed E-state index contributed by atoms with van der Waals surface area (Å²) < 4.78 is 0. The molecule has 0 amide bonds. The van der Waals surface area contributed by atoms with E-state index in [1.807, 2.05) is 0 Å². The van der Waals surface area contributed by atoms with Crippen LogP contribution >= 0.6 is 0 Å². The minimum absolute atomic E-state index is 0.635. The molecule has 0 aliphatic heterocycles. The Bertz CT molecular complexity index is 396. The quantitative estimate of drug-likeness (QED) is 0.676. The molecule has 0 saturated carbocycles. The molecule has 78 valence electrons. The van der Waals surface area contributed by atoms with Crippen molar-refractivity contribution in [3.05, 3.63) is 53.6 Å². The first-order valence-corrected chi connectivity index (χ1v) is 5.77. The summed E-state index contributed by atoms with van der Waals surface area (Å²) in [6.07, 6.45) is 9.30. The molecule has 15 heavy (non-hydrogen) atoms. The van der Waals surface area contributed by atoms with Gasteiger partial charge in [0.1, 0.15) is 0 Å². The Kier molecular flexibility index (Phi) is 3.05. The molecule has 0 nitrogen and oxygen atoms in total. The molecule has 0 fully saturated rings. The second-order valence-corrected chi connectivity index (χ2v) is 4.22. The summed E-state index contributed by atoms with van der Waals surface area (Å²) in [4.78, 5) is 0. The van der Waals surface area contributed by atoms with Gasteiger partial charge in [-0.3, -0.25) is 0 Å². The molecule has 0 heteroatoms. The van der Waals surface area contributed by atoms with Crippen LogP contribution in [0.25, 0.3) is 5.57 Å². The fourth-order valence-electron chi connectivity index (χ4n) is 2.27. The summed E-state index contributed by atoms with van der Waals surface area (Å²) in [6, 6.07) is 8.66. The van der Waals surface area contributed by atoms with Crippen molar-refractivity contribution in [3.63, 3.8) is 0 Å². The Labute approximate surface area is 92.3 Å². The van der Waals surface area contributed by atoms with Gasteiger partial charge in [0.15, 0.2) is 0 Å². The summed E-state index contributed by atoms with van der Waals surface area (Å²) in [7, 11) is 0. The third kappa shape index (κ3) is 2.04. The largest absolute Gasteiger partial charge is 0.0770 e. The number of benzene rings is 1. The van der Waals surface area contributed by atoms with E-state index in [0.717, 1.165) is 0 Å². The molecule has 1 aliphatic carbocycles. The number of allylic oxidation sites excluding steroid dienone is 4. The van der Waals surface area contributed by atoms with Crippen molar-refractivity contribution in [3.8, 4) is 0 Å². The predicted octanol–water partition coefficient (Wildman–Crippen LogP) is 4.36. The highest BCUT2D eigenvalue weighted by molar-refractivity contribution is 5.74. The van der Waals surface area contributed by atoms with Gasteiger partial charge in [-0.25, -0.2) is 0 Å². The van der Waals surface area contributed by atoms with Crippen molar-refractivity contribution in [1.82, 2.24) is 0 Å². The van der Waals surface area contributed by atoms with Gasteiger partial charge in [0.25, 0.3) is 0 Å². The lowest BCUT2D eigenvalue weighted by Gasteiger charge is -2.15. The lowest BCUT2D eigenvalue weighted by molar-refractivity contribution is 0.710. The second kappa shape index (κ2) is 4.48. The Morgan fingerprint density at radius 2 is 2.00 bits per heavy atom. The first kappa shape index (κ1) is 10.2. The van der Waals surface area contributed by atoms with E-state index in [0.29, 0.717) is 5.92 Å². The van der Waals surface area contributed by atoms with Crippen LogP contribution in [0.4, 0.5) is 0 Å². The van der Waals surface area contributed by atoms with Crippen LogP contribution in [-0.4, -0.2) is 0 Å². The van der Waals surface area contributed by atoms with Gasteiger partial charge in [-0.15, -0.1) is 0 Å². The molecule has 1 aliphatic rings. The maximum absolute atomic E-state index is 2.32. The first-order valence-electron chi connectivity index (χ1n) is 5.77. The topological polar surface area (TPSA) is 0 Å². The number of hydrogen-bond acceptors (Lipinski definition) is 0. The van der Waals surface area contributed by atoms with Gasteiger partial charge < -0.3 is 0 Å². The third-order valence-electron chi connectivity index (χ3n) is 3.07. The number of aryl methyl sites for hydroxylation is 1. The van der Waals surface area contributed by atoms with E-state index in [1.165, 1.54) is 29.5 Å². The van der Waals surface area contributed by atoms with Crippen molar-refractivity contribution in [2.24, 2.45) is 5.92 Å². The van der Waals surface area contributed by atoms with Crippen LogP contribution in [0.5, 0.6) is 0 Å². The van der Waals surface area contributed by atoms with Crippen molar-refractivity contribution >= 4 is 5.57 Å². The van der Waals surface area contributed by atoms with Gasteiger partial charge in [0, 0.05) is 5.92 Å². The average molecular weight is 198 g/mol. The monoisotopic (exact) mass is 198 g/mol. The zero-order valence-electron chi connectivity index (χ0n) is 9.53. The Morgan fingerprint density at radius 3 is 2.73 bits per heavy atom.